The Bertz CT molecular complexity index is 865. The minimum absolute atomic E-state index is 0.0313. The van der Waals surface area contributed by atoms with Crippen molar-refractivity contribution < 1.29 is 13.9 Å². The molecule has 0 aromatic carbocycles. The number of amides is 1. The first-order valence-corrected chi connectivity index (χ1v) is 8.73. The Balaban J connectivity index is 1.84. The number of nitrogens with zero attached hydrogens (tertiary/aromatic N) is 2. The summed E-state index contributed by atoms with van der Waals surface area (Å²) in [4.78, 5) is 24.9. The Morgan fingerprint density at radius 2 is 2.23 bits per heavy atom. The second kappa shape index (κ2) is 7.33. The van der Waals surface area contributed by atoms with Crippen molar-refractivity contribution in [2.45, 2.75) is 45.8 Å². The molecule has 1 aliphatic heterocycles. The highest BCUT2D eigenvalue weighted by Gasteiger charge is 2.23. The summed E-state index contributed by atoms with van der Waals surface area (Å²) in [5.41, 5.74) is 6.65. The minimum atomic E-state index is -0.792. The largest absolute Gasteiger partial charge is 0.466 e. The molecule has 2 atom stereocenters. The monoisotopic (exact) mass is 360 g/mol. The van der Waals surface area contributed by atoms with Gasteiger partial charge < -0.3 is 20.2 Å². The summed E-state index contributed by atoms with van der Waals surface area (Å²) < 4.78 is 12.1. The Labute approximate surface area is 151 Å². The molecule has 0 aliphatic carbocycles. The number of nitrogens with one attached hydrogen (secondary N) is 1. The lowest BCUT2D eigenvalue weighted by atomic mass is 10.1. The summed E-state index contributed by atoms with van der Waals surface area (Å²) in [5, 5.41) is 7.17. The van der Waals surface area contributed by atoms with Crippen LogP contribution in [0.2, 0.25) is 0 Å². The molecule has 2 aromatic rings. The first-order valence-electron chi connectivity index (χ1n) is 8.73. The minimum Gasteiger partial charge on any atom is -0.466 e. The zero-order valence-corrected chi connectivity index (χ0v) is 15.2. The third-order valence-electron chi connectivity index (χ3n) is 4.55. The number of ether oxygens (including phenoxy) is 1. The van der Waals surface area contributed by atoms with Gasteiger partial charge >= 0.3 is 0 Å². The van der Waals surface area contributed by atoms with E-state index >= 15 is 0 Å². The highest BCUT2D eigenvalue weighted by atomic mass is 16.5. The number of carbonyl (C=O) groups is 1. The first-order chi connectivity index (χ1) is 12.4. The maximum atomic E-state index is 12.5. The molecule has 0 saturated carbocycles. The molecule has 1 aliphatic rings. The first kappa shape index (κ1) is 18.2. The summed E-state index contributed by atoms with van der Waals surface area (Å²) in [6, 6.07) is 2.54. The van der Waals surface area contributed by atoms with E-state index < -0.39 is 11.6 Å². The van der Waals surface area contributed by atoms with Gasteiger partial charge in [0.15, 0.2) is 0 Å². The predicted octanol–water partition coefficient (Wildman–Crippen LogP) is 1.56. The molecule has 0 bridgehead atoms. The summed E-state index contributed by atoms with van der Waals surface area (Å²) in [7, 11) is 0. The number of hydrogen-bond donors (Lipinski definition) is 2. The van der Waals surface area contributed by atoms with Crippen molar-refractivity contribution >= 4 is 11.6 Å². The van der Waals surface area contributed by atoms with Gasteiger partial charge in [0.25, 0.3) is 5.56 Å². The Morgan fingerprint density at radius 3 is 2.85 bits per heavy atom. The number of aromatic nitrogens is 2. The van der Waals surface area contributed by atoms with Gasteiger partial charge in [-0.2, -0.15) is 5.10 Å². The van der Waals surface area contributed by atoms with Gasteiger partial charge in [-0.3, -0.25) is 9.59 Å². The van der Waals surface area contributed by atoms with E-state index in [1.54, 1.807) is 6.92 Å². The Hall–Kier alpha value is -2.61. The standard InChI is InChI=1S/C18H24N4O4/c1-10-7-14(12(3)26-10)16-8-15(19)18(24)22(21-16)11(2)17(23)20-9-13-5-4-6-25-13/h7-8,11,13H,4-6,9,19H2,1-3H3,(H,20,23)/t11-,13+/m0/s1. The van der Waals surface area contributed by atoms with Crippen LogP contribution in [0, 0.1) is 13.8 Å². The van der Waals surface area contributed by atoms with Crippen LogP contribution in [-0.2, 0) is 9.53 Å². The van der Waals surface area contributed by atoms with Gasteiger partial charge in [-0.25, -0.2) is 4.68 Å². The van der Waals surface area contributed by atoms with Crippen molar-refractivity contribution in [2.24, 2.45) is 0 Å². The lowest BCUT2D eigenvalue weighted by Gasteiger charge is -2.17. The third-order valence-corrected chi connectivity index (χ3v) is 4.55. The highest BCUT2D eigenvalue weighted by Crippen LogP contribution is 2.25. The van der Waals surface area contributed by atoms with Crippen LogP contribution < -0.4 is 16.6 Å². The zero-order chi connectivity index (χ0) is 18.8. The van der Waals surface area contributed by atoms with Gasteiger partial charge in [-0.05, 0) is 45.7 Å². The second-order valence-electron chi connectivity index (χ2n) is 6.62. The maximum absolute atomic E-state index is 12.5. The summed E-state index contributed by atoms with van der Waals surface area (Å²) in [6.07, 6.45) is 1.96. The molecule has 0 unspecified atom stereocenters. The molecular formula is C18H24N4O4. The van der Waals surface area contributed by atoms with Crippen molar-refractivity contribution in [1.82, 2.24) is 15.1 Å². The molecule has 3 rings (SSSR count). The number of hydrogen-bond acceptors (Lipinski definition) is 6. The molecular weight excluding hydrogens is 336 g/mol. The molecule has 0 radical (unpaired) electrons. The molecule has 8 heteroatoms. The number of rotatable bonds is 5. The molecule has 8 nitrogen and oxygen atoms in total. The van der Waals surface area contributed by atoms with Crippen LogP contribution in [0.25, 0.3) is 11.3 Å². The van der Waals surface area contributed by atoms with E-state index in [0.717, 1.165) is 35.5 Å². The quantitative estimate of drug-likeness (QED) is 0.837. The average molecular weight is 360 g/mol. The number of nitrogen functional groups attached to an aromatic ring is 1. The van der Waals surface area contributed by atoms with Crippen LogP contribution in [0.3, 0.4) is 0 Å². The molecule has 140 valence electrons. The van der Waals surface area contributed by atoms with Gasteiger partial charge in [-0.15, -0.1) is 0 Å². The number of nitrogens with two attached hydrogens (primary N) is 1. The van der Waals surface area contributed by atoms with E-state index in [4.69, 9.17) is 14.9 Å². The third kappa shape index (κ3) is 3.65. The molecule has 3 heterocycles. The fourth-order valence-electron chi connectivity index (χ4n) is 3.09. The van der Waals surface area contributed by atoms with E-state index in [0.29, 0.717) is 18.0 Å². The number of carbonyl (C=O) groups excluding carboxylic acids is 1. The van der Waals surface area contributed by atoms with Crippen LogP contribution in [0.4, 0.5) is 5.69 Å². The lowest BCUT2D eigenvalue weighted by molar-refractivity contribution is -0.124. The Kier molecular flexibility index (Phi) is 5.13. The molecule has 1 saturated heterocycles. The summed E-state index contributed by atoms with van der Waals surface area (Å²) in [6.45, 7) is 6.41. The SMILES string of the molecule is Cc1cc(-c2cc(N)c(=O)n([C@@H](C)C(=O)NC[C@H]3CCCO3)n2)c(C)o1. The van der Waals surface area contributed by atoms with Crippen LogP contribution in [-0.4, -0.2) is 34.9 Å². The smallest absolute Gasteiger partial charge is 0.290 e. The van der Waals surface area contributed by atoms with Gasteiger partial charge in [-0.1, -0.05) is 0 Å². The highest BCUT2D eigenvalue weighted by molar-refractivity contribution is 5.80. The topological polar surface area (TPSA) is 112 Å². The molecule has 2 aromatic heterocycles. The van der Waals surface area contributed by atoms with Crippen LogP contribution in [0.1, 0.15) is 37.3 Å². The average Bonchev–Trinajstić information content (AvgIpc) is 3.23. The van der Waals surface area contributed by atoms with E-state index in [-0.39, 0.29) is 17.7 Å². The fraction of sp³-hybridized carbons (Fsp3) is 0.500. The summed E-state index contributed by atoms with van der Waals surface area (Å²) >= 11 is 0. The summed E-state index contributed by atoms with van der Waals surface area (Å²) in [5.74, 6) is 1.11. The van der Waals surface area contributed by atoms with Crippen LogP contribution in [0.5, 0.6) is 0 Å². The number of furan rings is 1. The predicted molar refractivity (Wildman–Crippen MR) is 96.8 cm³/mol. The Morgan fingerprint density at radius 1 is 1.46 bits per heavy atom. The van der Waals surface area contributed by atoms with Gasteiger partial charge in [0.05, 0.1) is 11.8 Å². The van der Waals surface area contributed by atoms with Gasteiger partial charge in [0.1, 0.15) is 23.2 Å². The van der Waals surface area contributed by atoms with E-state index in [9.17, 15) is 9.59 Å². The molecule has 26 heavy (non-hydrogen) atoms. The van der Waals surface area contributed by atoms with Gasteiger partial charge in [0.2, 0.25) is 5.91 Å². The van der Waals surface area contributed by atoms with E-state index in [1.165, 1.54) is 6.07 Å². The lowest BCUT2D eigenvalue weighted by Crippen LogP contribution is -2.40. The van der Waals surface area contributed by atoms with Crippen molar-refractivity contribution in [3.63, 3.8) is 0 Å². The van der Waals surface area contributed by atoms with Crippen molar-refractivity contribution in [3.05, 3.63) is 34.0 Å². The van der Waals surface area contributed by atoms with Crippen molar-refractivity contribution in [3.8, 4) is 11.3 Å². The van der Waals surface area contributed by atoms with Crippen molar-refractivity contribution in [1.29, 1.82) is 0 Å². The molecule has 0 spiro atoms. The normalized spacial score (nSPS) is 18.0. The fourth-order valence-corrected chi connectivity index (χ4v) is 3.09. The van der Waals surface area contributed by atoms with Gasteiger partial charge in [0, 0.05) is 18.7 Å². The number of aryl methyl sites for hydroxylation is 2. The van der Waals surface area contributed by atoms with Crippen LogP contribution >= 0.6 is 0 Å². The van der Waals surface area contributed by atoms with E-state index in [1.807, 2.05) is 19.9 Å². The molecule has 3 N–H and O–H groups in total. The zero-order valence-electron chi connectivity index (χ0n) is 15.2. The van der Waals surface area contributed by atoms with Crippen molar-refractivity contribution in [2.75, 3.05) is 18.9 Å². The number of anilines is 1. The van der Waals surface area contributed by atoms with E-state index in [2.05, 4.69) is 10.4 Å². The molecule has 1 amide bonds. The van der Waals surface area contributed by atoms with Crippen LogP contribution in [0.15, 0.2) is 21.3 Å². The molecule has 1 fully saturated rings. The maximum Gasteiger partial charge on any atom is 0.290 e. The second-order valence-corrected chi connectivity index (χ2v) is 6.62.